The lowest BCUT2D eigenvalue weighted by molar-refractivity contribution is -0.109. The molecule has 0 amide bonds. The Kier molecular flexibility index (Phi) is 4.71. The maximum absolute atomic E-state index is 11.9. The number of aromatic amines is 1. The summed E-state index contributed by atoms with van der Waals surface area (Å²) in [5.41, 5.74) is 2.10. The Morgan fingerprint density at radius 2 is 2.07 bits per heavy atom. The predicted octanol–water partition coefficient (Wildman–Crippen LogP) is 3.28. The number of pyridine rings is 1. The smallest absolute Gasteiger partial charge is 0.152 e. The first-order valence-corrected chi connectivity index (χ1v) is 9.42. The Balaban J connectivity index is 1.58. The van der Waals surface area contributed by atoms with Crippen LogP contribution in [0.3, 0.4) is 0 Å². The molecule has 2 N–H and O–H groups in total. The number of carbonyl (C=O) groups is 1. The molecular formula is C21H25N5O. The third-order valence-corrected chi connectivity index (χ3v) is 4.93. The summed E-state index contributed by atoms with van der Waals surface area (Å²) in [6, 6.07) is 14.4. The van der Waals surface area contributed by atoms with Crippen LogP contribution in [0.2, 0.25) is 0 Å². The summed E-state index contributed by atoms with van der Waals surface area (Å²) in [6.45, 7) is 6.40. The van der Waals surface area contributed by atoms with E-state index < -0.39 is 0 Å². The van der Waals surface area contributed by atoms with Gasteiger partial charge in [0.25, 0.3) is 0 Å². The van der Waals surface area contributed by atoms with Crippen molar-refractivity contribution < 1.29 is 4.79 Å². The van der Waals surface area contributed by atoms with Crippen molar-refractivity contribution in [3.63, 3.8) is 0 Å². The molecule has 0 aliphatic carbocycles. The highest BCUT2D eigenvalue weighted by Gasteiger charge is 2.29. The van der Waals surface area contributed by atoms with Gasteiger partial charge in [0.05, 0.1) is 5.69 Å². The van der Waals surface area contributed by atoms with Gasteiger partial charge >= 0.3 is 0 Å². The average Bonchev–Trinajstić information content (AvgIpc) is 3.11. The zero-order valence-corrected chi connectivity index (χ0v) is 15.7. The Morgan fingerprint density at radius 3 is 2.85 bits per heavy atom. The first-order chi connectivity index (χ1) is 13.2. The van der Waals surface area contributed by atoms with Crippen molar-refractivity contribution in [2.24, 2.45) is 0 Å². The normalized spacial score (nSPS) is 17.5. The minimum absolute atomic E-state index is 0.222. The maximum Gasteiger partial charge on any atom is 0.152 e. The number of hydrogen-bond acceptors (Lipinski definition) is 5. The second-order valence-electron chi connectivity index (χ2n) is 7.26. The van der Waals surface area contributed by atoms with Gasteiger partial charge in [0, 0.05) is 42.8 Å². The number of nitrogens with one attached hydrogen (secondary N) is 2. The number of hydrogen-bond donors (Lipinski definition) is 2. The molecule has 3 aromatic rings. The molecule has 140 valence electrons. The summed E-state index contributed by atoms with van der Waals surface area (Å²) in [6.07, 6.45) is 2.84. The third-order valence-electron chi connectivity index (χ3n) is 4.93. The standard InChI is InChI=1S/C21H25N5O/c1-15(2)23-19-8-5-9-22-21(19)25-10-11-26(17(13-25)14-27)20-12-16-6-3-4-7-18(16)24-20/h3-9,12,14-15,17,23-24H,10-11,13H2,1-2H3. The van der Waals surface area contributed by atoms with Gasteiger partial charge in [-0.15, -0.1) is 0 Å². The van der Waals surface area contributed by atoms with Gasteiger partial charge < -0.3 is 24.9 Å². The highest BCUT2D eigenvalue weighted by Crippen LogP contribution is 2.29. The van der Waals surface area contributed by atoms with Crippen LogP contribution in [0.4, 0.5) is 17.3 Å². The SMILES string of the molecule is CC(C)Nc1cccnc1N1CCN(c2cc3ccccc3[nH]2)C(C=O)C1. The quantitative estimate of drug-likeness (QED) is 0.681. The van der Waals surface area contributed by atoms with Crippen molar-refractivity contribution in [1.82, 2.24) is 9.97 Å². The summed E-state index contributed by atoms with van der Waals surface area (Å²) >= 11 is 0. The van der Waals surface area contributed by atoms with Crippen molar-refractivity contribution in [3.8, 4) is 0 Å². The molecule has 1 unspecified atom stereocenters. The third kappa shape index (κ3) is 3.47. The number of carbonyl (C=O) groups excluding carboxylic acids is 1. The van der Waals surface area contributed by atoms with Crippen LogP contribution >= 0.6 is 0 Å². The van der Waals surface area contributed by atoms with E-state index in [1.54, 1.807) is 6.20 Å². The molecule has 6 heteroatoms. The number of piperazine rings is 1. The van der Waals surface area contributed by atoms with E-state index in [1.165, 1.54) is 0 Å². The number of aromatic nitrogens is 2. The van der Waals surface area contributed by atoms with Gasteiger partial charge in [-0.25, -0.2) is 4.98 Å². The van der Waals surface area contributed by atoms with Crippen molar-refractivity contribution in [1.29, 1.82) is 0 Å². The Labute approximate surface area is 159 Å². The summed E-state index contributed by atoms with van der Waals surface area (Å²) in [5.74, 6) is 1.91. The Morgan fingerprint density at radius 1 is 1.22 bits per heavy atom. The summed E-state index contributed by atoms with van der Waals surface area (Å²) in [7, 11) is 0. The number of para-hydroxylation sites is 1. The largest absolute Gasteiger partial charge is 0.380 e. The van der Waals surface area contributed by atoms with Crippen LogP contribution < -0.4 is 15.1 Å². The van der Waals surface area contributed by atoms with Gasteiger partial charge in [0.2, 0.25) is 0 Å². The van der Waals surface area contributed by atoms with Crippen LogP contribution in [0.25, 0.3) is 10.9 Å². The Hall–Kier alpha value is -3.02. The van der Waals surface area contributed by atoms with Gasteiger partial charge in [-0.1, -0.05) is 18.2 Å². The van der Waals surface area contributed by atoms with E-state index >= 15 is 0 Å². The minimum atomic E-state index is -0.222. The number of fused-ring (bicyclic) bond motifs is 1. The van der Waals surface area contributed by atoms with E-state index in [2.05, 4.69) is 57.1 Å². The number of aldehydes is 1. The summed E-state index contributed by atoms with van der Waals surface area (Å²) in [4.78, 5) is 24.3. The van der Waals surface area contributed by atoms with E-state index in [0.29, 0.717) is 12.6 Å². The molecule has 27 heavy (non-hydrogen) atoms. The monoisotopic (exact) mass is 363 g/mol. The van der Waals surface area contributed by atoms with Crippen LogP contribution in [0.5, 0.6) is 0 Å². The van der Waals surface area contributed by atoms with E-state index in [4.69, 9.17) is 0 Å². The van der Waals surface area contributed by atoms with E-state index in [9.17, 15) is 4.79 Å². The molecule has 6 nitrogen and oxygen atoms in total. The number of anilines is 3. The average molecular weight is 363 g/mol. The van der Waals surface area contributed by atoms with Crippen molar-refractivity contribution >= 4 is 34.5 Å². The highest BCUT2D eigenvalue weighted by molar-refractivity contribution is 5.85. The molecule has 1 saturated heterocycles. The summed E-state index contributed by atoms with van der Waals surface area (Å²) < 4.78 is 0. The van der Waals surface area contributed by atoms with E-state index in [-0.39, 0.29) is 6.04 Å². The fourth-order valence-electron chi connectivity index (χ4n) is 3.70. The molecule has 0 bridgehead atoms. The topological polar surface area (TPSA) is 64.3 Å². The molecule has 1 fully saturated rings. The lowest BCUT2D eigenvalue weighted by Gasteiger charge is -2.40. The fraction of sp³-hybridized carbons (Fsp3) is 0.333. The highest BCUT2D eigenvalue weighted by atomic mass is 16.1. The summed E-state index contributed by atoms with van der Waals surface area (Å²) in [5, 5.41) is 4.61. The van der Waals surface area contributed by atoms with Crippen molar-refractivity contribution in [2.75, 3.05) is 34.8 Å². The molecule has 4 rings (SSSR count). The minimum Gasteiger partial charge on any atom is -0.380 e. The van der Waals surface area contributed by atoms with E-state index in [0.717, 1.165) is 47.6 Å². The molecular weight excluding hydrogens is 338 g/mol. The molecule has 0 saturated carbocycles. The molecule has 1 aliphatic rings. The zero-order chi connectivity index (χ0) is 18.8. The van der Waals surface area contributed by atoms with Crippen LogP contribution in [0.1, 0.15) is 13.8 Å². The maximum atomic E-state index is 11.9. The molecule has 1 aromatic carbocycles. The van der Waals surface area contributed by atoms with Gasteiger partial charge in [0.1, 0.15) is 18.1 Å². The number of benzene rings is 1. The second-order valence-corrected chi connectivity index (χ2v) is 7.26. The fourth-order valence-corrected chi connectivity index (χ4v) is 3.70. The number of nitrogens with zero attached hydrogens (tertiary/aromatic N) is 3. The lowest BCUT2D eigenvalue weighted by Crippen LogP contribution is -2.54. The van der Waals surface area contributed by atoms with Gasteiger partial charge in [-0.3, -0.25) is 0 Å². The predicted molar refractivity (Wildman–Crippen MR) is 111 cm³/mol. The molecule has 3 heterocycles. The van der Waals surface area contributed by atoms with E-state index in [1.807, 2.05) is 24.3 Å². The molecule has 1 aliphatic heterocycles. The van der Waals surface area contributed by atoms with Crippen LogP contribution in [-0.4, -0.2) is 48.0 Å². The van der Waals surface area contributed by atoms with Crippen molar-refractivity contribution in [3.05, 3.63) is 48.7 Å². The van der Waals surface area contributed by atoms with Crippen LogP contribution in [0.15, 0.2) is 48.7 Å². The second kappa shape index (κ2) is 7.31. The first kappa shape index (κ1) is 17.4. The Bertz CT molecular complexity index is 902. The first-order valence-electron chi connectivity index (χ1n) is 9.42. The molecule has 2 aromatic heterocycles. The van der Waals surface area contributed by atoms with Crippen molar-refractivity contribution in [2.45, 2.75) is 25.9 Å². The molecule has 1 atom stereocenters. The molecule has 0 radical (unpaired) electrons. The van der Waals surface area contributed by atoms with Gasteiger partial charge in [0.15, 0.2) is 5.82 Å². The van der Waals surface area contributed by atoms with Crippen LogP contribution in [0, 0.1) is 0 Å². The lowest BCUT2D eigenvalue weighted by atomic mass is 10.1. The van der Waals surface area contributed by atoms with Crippen LogP contribution in [-0.2, 0) is 4.79 Å². The zero-order valence-electron chi connectivity index (χ0n) is 15.7. The van der Waals surface area contributed by atoms with Gasteiger partial charge in [-0.05, 0) is 38.1 Å². The number of rotatable bonds is 5. The molecule has 0 spiro atoms. The van der Waals surface area contributed by atoms with Gasteiger partial charge in [-0.2, -0.15) is 0 Å². The number of H-pyrrole nitrogens is 1.